The van der Waals surface area contributed by atoms with E-state index in [0.29, 0.717) is 10.8 Å². The van der Waals surface area contributed by atoms with Crippen LogP contribution in [0.2, 0.25) is 0 Å². The average molecular weight is 309 g/mol. The predicted molar refractivity (Wildman–Crippen MR) is 81.5 cm³/mol. The highest BCUT2D eigenvalue weighted by Gasteiger charge is 2.62. The molecular formula is C16H23NO3S. The minimum Gasteiger partial charge on any atom is -0.377 e. The quantitative estimate of drug-likeness (QED) is 0.861. The van der Waals surface area contributed by atoms with Gasteiger partial charge >= 0.3 is 0 Å². The first-order chi connectivity index (χ1) is 9.76. The summed E-state index contributed by atoms with van der Waals surface area (Å²) in [6, 6.07) is 7.07. The van der Waals surface area contributed by atoms with Gasteiger partial charge in [-0.15, -0.1) is 0 Å². The molecule has 3 rings (SSSR count). The van der Waals surface area contributed by atoms with Crippen molar-refractivity contribution in [3.05, 3.63) is 29.8 Å². The van der Waals surface area contributed by atoms with Crippen molar-refractivity contribution in [1.82, 2.24) is 4.31 Å². The van der Waals surface area contributed by atoms with Crippen LogP contribution in [0.3, 0.4) is 0 Å². The lowest BCUT2D eigenvalue weighted by Gasteiger charge is -2.57. The van der Waals surface area contributed by atoms with E-state index in [0.717, 1.165) is 18.6 Å². The normalized spacial score (nSPS) is 31.0. The van der Waals surface area contributed by atoms with E-state index in [1.54, 1.807) is 23.5 Å². The molecule has 0 amide bonds. The summed E-state index contributed by atoms with van der Waals surface area (Å²) in [5, 5.41) is 0. The van der Waals surface area contributed by atoms with E-state index >= 15 is 0 Å². The van der Waals surface area contributed by atoms with E-state index in [2.05, 4.69) is 13.8 Å². The molecule has 0 unspecified atom stereocenters. The van der Waals surface area contributed by atoms with Crippen LogP contribution in [-0.2, 0) is 14.8 Å². The van der Waals surface area contributed by atoms with Crippen molar-refractivity contribution in [2.75, 3.05) is 13.7 Å². The van der Waals surface area contributed by atoms with Gasteiger partial charge in [0, 0.05) is 31.0 Å². The smallest absolute Gasteiger partial charge is 0.243 e. The van der Waals surface area contributed by atoms with E-state index in [9.17, 15) is 8.42 Å². The van der Waals surface area contributed by atoms with Crippen molar-refractivity contribution in [2.45, 2.75) is 44.2 Å². The highest BCUT2D eigenvalue weighted by atomic mass is 32.2. The summed E-state index contributed by atoms with van der Waals surface area (Å²) >= 11 is 0. The lowest BCUT2D eigenvalue weighted by atomic mass is 9.57. The molecule has 21 heavy (non-hydrogen) atoms. The first-order valence-corrected chi connectivity index (χ1v) is 8.86. The number of hydrogen-bond acceptors (Lipinski definition) is 3. The number of hydrogen-bond donors (Lipinski definition) is 0. The monoisotopic (exact) mass is 309 g/mol. The SMILES string of the molecule is Cc1ccc(S(=O)(=O)N(C)[C@@H]2[C@H]3CCO[C@H]3C2(C)C)cc1. The molecule has 0 spiro atoms. The molecule has 1 saturated heterocycles. The standard InChI is InChI=1S/C16H23NO3S/c1-11-5-7-12(8-6-11)21(18,19)17(4)14-13-9-10-20-15(13)16(14,2)3/h5-8,13-15H,9-10H2,1-4H3/t13-,14-,15-/m1/s1. The number of rotatable bonds is 3. The zero-order valence-electron chi connectivity index (χ0n) is 13.0. The molecule has 1 aromatic rings. The maximum atomic E-state index is 12.8. The number of fused-ring (bicyclic) bond motifs is 1. The van der Waals surface area contributed by atoms with Crippen LogP contribution in [0.4, 0.5) is 0 Å². The highest BCUT2D eigenvalue weighted by molar-refractivity contribution is 7.89. The largest absolute Gasteiger partial charge is 0.377 e. The molecule has 0 N–H and O–H groups in total. The van der Waals surface area contributed by atoms with Crippen LogP contribution in [0, 0.1) is 18.3 Å². The molecule has 0 aromatic heterocycles. The second-order valence-corrected chi connectivity index (χ2v) is 8.84. The van der Waals surface area contributed by atoms with Crippen LogP contribution in [0.5, 0.6) is 0 Å². The number of nitrogens with zero attached hydrogens (tertiary/aromatic N) is 1. The van der Waals surface area contributed by atoms with Crippen molar-refractivity contribution in [3.8, 4) is 0 Å². The fraction of sp³-hybridized carbons (Fsp3) is 0.625. The maximum absolute atomic E-state index is 12.8. The Balaban J connectivity index is 1.91. The van der Waals surface area contributed by atoms with Gasteiger partial charge < -0.3 is 4.74 Å². The van der Waals surface area contributed by atoms with Crippen LogP contribution < -0.4 is 0 Å². The van der Waals surface area contributed by atoms with Gasteiger partial charge in [0.05, 0.1) is 11.0 Å². The minimum atomic E-state index is -3.45. The van der Waals surface area contributed by atoms with Gasteiger partial charge in [0.1, 0.15) is 0 Å². The molecule has 4 nitrogen and oxygen atoms in total. The van der Waals surface area contributed by atoms with Crippen molar-refractivity contribution in [1.29, 1.82) is 0 Å². The summed E-state index contributed by atoms with van der Waals surface area (Å²) in [6.07, 6.45) is 1.14. The van der Waals surface area contributed by atoms with E-state index < -0.39 is 10.0 Å². The second-order valence-electron chi connectivity index (χ2n) is 6.84. The molecule has 1 aliphatic carbocycles. The van der Waals surface area contributed by atoms with E-state index in [1.807, 2.05) is 19.1 Å². The second kappa shape index (κ2) is 4.80. The number of aryl methyl sites for hydroxylation is 1. The third kappa shape index (κ3) is 2.14. The molecular weight excluding hydrogens is 286 g/mol. The topological polar surface area (TPSA) is 46.6 Å². The Bertz CT molecular complexity index is 636. The third-order valence-electron chi connectivity index (χ3n) is 5.13. The van der Waals surface area contributed by atoms with Crippen LogP contribution in [0.15, 0.2) is 29.2 Å². The Labute approximate surface area is 127 Å². The molecule has 1 aromatic carbocycles. The molecule has 5 heteroatoms. The molecule has 3 atom stereocenters. The summed E-state index contributed by atoms with van der Waals surface area (Å²) in [4.78, 5) is 0.369. The van der Waals surface area contributed by atoms with Crippen molar-refractivity contribution >= 4 is 10.0 Å². The van der Waals surface area contributed by atoms with Crippen molar-refractivity contribution < 1.29 is 13.2 Å². The first kappa shape index (κ1) is 15.0. The number of sulfonamides is 1. The lowest BCUT2D eigenvalue weighted by Crippen LogP contribution is -2.66. The van der Waals surface area contributed by atoms with Gasteiger partial charge in [-0.1, -0.05) is 31.5 Å². The Morgan fingerprint density at radius 2 is 1.86 bits per heavy atom. The van der Waals surface area contributed by atoms with Crippen molar-refractivity contribution in [3.63, 3.8) is 0 Å². The van der Waals surface area contributed by atoms with Gasteiger partial charge in [-0.3, -0.25) is 0 Å². The van der Waals surface area contributed by atoms with Gasteiger partial charge in [-0.05, 0) is 25.5 Å². The third-order valence-corrected chi connectivity index (χ3v) is 6.98. The molecule has 0 bridgehead atoms. The van der Waals surface area contributed by atoms with Gasteiger partial charge in [-0.2, -0.15) is 4.31 Å². The summed E-state index contributed by atoms with van der Waals surface area (Å²) in [5.41, 5.74) is 0.929. The van der Waals surface area contributed by atoms with Gasteiger partial charge in [0.2, 0.25) is 10.0 Å². The first-order valence-electron chi connectivity index (χ1n) is 7.42. The summed E-state index contributed by atoms with van der Waals surface area (Å²) in [6.45, 7) is 6.90. The summed E-state index contributed by atoms with van der Waals surface area (Å²) in [5.74, 6) is 0.324. The Hall–Kier alpha value is -0.910. The van der Waals surface area contributed by atoms with E-state index in [4.69, 9.17) is 4.74 Å². The van der Waals surface area contributed by atoms with Crippen LogP contribution >= 0.6 is 0 Å². The van der Waals surface area contributed by atoms with Crippen LogP contribution in [-0.4, -0.2) is 38.5 Å². The zero-order valence-corrected chi connectivity index (χ0v) is 13.9. The van der Waals surface area contributed by atoms with E-state index in [1.165, 1.54) is 0 Å². The molecule has 0 radical (unpaired) electrons. The Kier molecular flexibility index (Phi) is 3.43. The summed E-state index contributed by atoms with van der Waals surface area (Å²) in [7, 11) is -1.74. The van der Waals surface area contributed by atoms with Crippen LogP contribution in [0.25, 0.3) is 0 Å². The molecule has 1 saturated carbocycles. The fourth-order valence-corrected chi connectivity index (χ4v) is 5.60. The van der Waals surface area contributed by atoms with Gasteiger partial charge in [-0.25, -0.2) is 8.42 Å². The van der Waals surface area contributed by atoms with Gasteiger partial charge in [0.15, 0.2) is 0 Å². The Morgan fingerprint density at radius 1 is 1.24 bits per heavy atom. The number of ether oxygens (including phenoxy) is 1. The predicted octanol–water partition coefficient (Wildman–Crippen LogP) is 2.43. The Morgan fingerprint density at radius 3 is 2.48 bits per heavy atom. The van der Waals surface area contributed by atoms with Gasteiger partial charge in [0.25, 0.3) is 0 Å². The average Bonchev–Trinajstić information content (AvgIpc) is 2.85. The summed E-state index contributed by atoms with van der Waals surface area (Å²) < 4.78 is 33.0. The maximum Gasteiger partial charge on any atom is 0.243 e. The number of benzene rings is 1. The zero-order chi connectivity index (χ0) is 15.4. The molecule has 2 fully saturated rings. The minimum absolute atomic E-state index is 0.0105. The molecule has 116 valence electrons. The fourth-order valence-electron chi connectivity index (χ4n) is 4.06. The molecule has 2 aliphatic rings. The lowest BCUT2D eigenvalue weighted by molar-refractivity contribution is -0.131. The van der Waals surface area contributed by atoms with E-state index in [-0.39, 0.29) is 17.6 Å². The molecule has 1 heterocycles. The highest BCUT2D eigenvalue weighted by Crippen LogP contribution is 2.55. The van der Waals surface area contributed by atoms with Crippen LogP contribution in [0.1, 0.15) is 25.8 Å². The van der Waals surface area contributed by atoms with Crippen molar-refractivity contribution in [2.24, 2.45) is 11.3 Å². The molecule has 1 aliphatic heterocycles.